The number of esters is 2. The summed E-state index contributed by atoms with van der Waals surface area (Å²) in [7, 11) is 0. The van der Waals surface area contributed by atoms with Gasteiger partial charge in [-0.3, -0.25) is 19.5 Å². The van der Waals surface area contributed by atoms with Crippen molar-refractivity contribution >= 4 is 39.2 Å². The van der Waals surface area contributed by atoms with E-state index in [0.29, 0.717) is 11.3 Å². The first kappa shape index (κ1) is 17.6. The standard InChI is InChI=1S/C14H14N2O7S/c1-3-22-12(17)11(13(18)23-4-2)15-9-6-5-8(16(20)21)7-10(9)24-14(15)19/h5-7,11H,3-4H2,1-2H3. The van der Waals surface area contributed by atoms with Crippen LogP contribution in [0.5, 0.6) is 0 Å². The quantitative estimate of drug-likeness (QED) is 0.335. The Labute approximate surface area is 139 Å². The van der Waals surface area contributed by atoms with E-state index in [2.05, 4.69) is 0 Å². The summed E-state index contributed by atoms with van der Waals surface area (Å²) in [6, 6.07) is 2.13. The lowest BCUT2D eigenvalue weighted by molar-refractivity contribution is -0.384. The first-order chi connectivity index (χ1) is 11.4. The Morgan fingerprint density at radius 1 is 1.25 bits per heavy atom. The highest BCUT2D eigenvalue weighted by molar-refractivity contribution is 7.16. The number of carbonyl (C=O) groups excluding carboxylic acids is 2. The molecule has 10 heteroatoms. The maximum atomic E-state index is 12.3. The lowest BCUT2D eigenvalue weighted by Gasteiger charge is -2.15. The van der Waals surface area contributed by atoms with Gasteiger partial charge in [0, 0.05) is 12.1 Å². The summed E-state index contributed by atoms with van der Waals surface area (Å²) >= 11 is 0.697. The van der Waals surface area contributed by atoms with Gasteiger partial charge in [0.05, 0.1) is 28.4 Å². The Kier molecular flexibility index (Phi) is 5.29. The topological polar surface area (TPSA) is 118 Å². The van der Waals surface area contributed by atoms with Gasteiger partial charge in [-0.2, -0.15) is 0 Å². The van der Waals surface area contributed by atoms with Crippen LogP contribution in [0, 0.1) is 10.1 Å². The molecule has 0 radical (unpaired) electrons. The van der Waals surface area contributed by atoms with Crippen LogP contribution >= 0.6 is 11.3 Å². The second-order valence-electron chi connectivity index (χ2n) is 4.55. The van der Waals surface area contributed by atoms with E-state index in [1.807, 2.05) is 0 Å². The normalized spacial score (nSPS) is 10.8. The largest absolute Gasteiger partial charge is 0.464 e. The molecule has 0 unspecified atom stereocenters. The number of hydrogen-bond donors (Lipinski definition) is 0. The lowest BCUT2D eigenvalue weighted by Crippen LogP contribution is -2.35. The molecule has 0 aliphatic rings. The minimum absolute atomic E-state index is 0.0248. The highest BCUT2D eigenvalue weighted by Gasteiger charge is 2.34. The van der Waals surface area contributed by atoms with Gasteiger partial charge in [-0.15, -0.1) is 0 Å². The van der Waals surface area contributed by atoms with Gasteiger partial charge in [0.15, 0.2) is 0 Å². The summed E-state index contributed by atoms with van der Waals surface area (Å²) in [6.45, 7) is 3.18. The van der Waals surface area contributed by atoms with Crippen LogP contribution < -0.4 is 4.87 Å². The molecule has 0 bridgehead atoms. The number of non-ortho nitro benzene ring substituents is 1. The summed E-state index contributed by atoms with van der Waals surface area (Å²) in [5, 5.41) is 10.8. The predicted molar refractivity (Wildman–Crippen MR) is 85.0 cm³/mol. The number of benzene rings is 1. The molecular weight excluding hydrogens is 340 g/mol. The number of nitrogens with zero attached hydrogens (tertiary/aromatic N) is 2. The number of ether oxygens (including phenoxy) is 2. The molecule has 24 heavy (non-hydrogen) atoms. The molecular formula is C14H14N2O7S. The van der Waals surface area contributed by atoms with Crippen LogP contribution in [0.2, 0.25) is 0 Å². The van der Waals surface area contributed by atoms with Crippen molar-refractivity contribution in [1.29, 1.82) is 0 Å². The predicted octanol–water partition coefficient (Wildman–Crippen LogP) is 1.64. The number of thiazole rings is 1. The van der Waals surface area contributed by atoms with Crippen LogP contribution in [0.3, 0.4) is 0 Å². The van der Waals surface area contributed by atoms with Crippen molar-refractivity contribution in [2.24, 2.45) is 0 Å². The highest BCUT2D eigenvalue weighted by atomic mass is 32.1. The Morgan fingerprint density at radius 3 is 2.33 bits per heavy atom. The fourth-order valence-electron chi connectivity index (χ4n) is 2.13. The SMILES string of the molecule is CCOC(=O)C(C(=O)OCC)n1c(=O)sc2cc([N+](=O)[O-])ccc21. The minimum atomic E-state index is -1.59. The van der Waals surface area contributed by atoms with E-state index in [4.69, 9.17) is 9.47 Å². The summed E-state index contributed by atoms with van der Waals surface area (Å²) in [6.07, 6.45) is 0. The number of carbonyl (C=O) groups is 2. The van der Waals surface area contributed by atoms with Gasteiger partial charge < -0.3 is 9.47 Å². The van der Waals surface area contributed by atoms with Gasteiger partial charge in [-0.1, -0.05) is 11.3 Å². The number of aromatic nitrogens is 1. The number of rotatable bonds is 6. The molecule has 0 N–H and O–H groups in total. The number of hydrogen-bond acceptors (Lipinski definition) is 8. The Balaban J connectivity index is 2.63. The summed E-state index contributed by atoms with van der Waals surface area (Å²) in [5.74, 6) is -1.84. The van der Waals surface area contributed by atoms with Crippen molar-refractivity contribution in [1.82, 2.24) is 4.57 Å². The molecule has 1 aromatic heterocycles. The Bertz CT molecular complexity index is 836. The summed E-state index contributed by atoms with van der Waals surface area (Å²) in [5.41, 5.74) is 0.0291. The second kappa shape index (κ2) is 7.21. The zero-order valence-electron chi connectivity index (χ0n) is 12.9. The summed E-state index contributed by atoms with van der Waals surface area (Å²) < 4.78 is 10.9. The van der Waals surface area contributed by atoms with Crippen LogP contribution in [0.15, 0.2) is 23.0 Å². The van der Waals surface area contributed by atoms with Crippen molar-refractivity contribution in [2.45, 2.75) is 19.9 Å². The van der Waals surface area contributed by atoms with Gasteiger partial charge >= 0.3 is 16.8 Å². The minimum Gasteiger partial charge on any atom is -0.464 e. The van der Waals surface area contributed by atoms with Crippen molar-refractivity contribution < 1.29 is 24.0 Å². The zero-order chi connectivity index (χ0) is 17.9. The fourth-order valence-corrected chi connectivity index (χ4v) is 3.07. The Morgan fingerprint density at radius 2 is 1.83 bits per heavy atom. The second-order valence-corrected chi connectivity index (χ2v) is 5.55. The van der Waals surface area contributed by atoms with Crippen molar-refractivity contribution in [3.63, 3.8) is 0 Å². The van der Waals surface area contributed by atoms with Crippen molar-refractivity contribution in [2.75, 3.05) is 13.2 Å². The van der Waals surface area contributed by atoms with E-state index in [9.17, 15) is 24.5 Å². The third-order valence-electron chi connectivity index (χ3n) is 3.09. The van der Waals surface area contributed by atoms with Crippen LogP contribution in [0.4, 0.5) is 5.69 Å². The van der Waals surface area contributed by atoms with E-state index in [1.165, 1.54) is 18.2 Å². The molecule has 1 heterocycles. The molecule has 0 aliphatic heterocycles. The first-order valence-corrected chi connectivity index (χ1v) is 7.85. The Hall–Kier alpha value is -2.75. The van der Waals surface area contributed by atoms with Gasteiger partial charge in [0.2, 0.25) is 6.04 Å². The van der Waals surface area contributed by atoms with Crippen LogP contribution in [0.1, 0.15) is 19.9 Å². The molecule has 0 atom stereocenters. The maximum absolute atomic E-state index is 12.3. The third-order valence-corrected chi connectivity index (χ3v) is 4.00. The van der Waals surface area contributed by atoms with Gasteiger partial charge in [0.1, 0.15) is 0 Å². The van der Waals surface area contributed by atoms with E-state index >= 15 is 0 Å². The average Bonchev–Trinajstić information content (AvgIpc) is 2.83. The maximum Gasteiger partial charge on any atom is 0.341 e. The van der Waals surface area contributed by atoms with Gasteiger partial charge in [-0.25, -0.2) is 9.59 Å². The molecule has 9 nitrogen and oxygen atoms in total. The average molecular weight is 354 g/mol. The zero-order valence-corrected chi connectivity index (χ0v) is 13.7. The van der Waals surface area contributed by atoms with Crippen LogP contribution in [0.25, 0.3) is 10.2 Å². The molecule has 0 aliphatic carbocycles. The molecule has 0 spiro atoms. The molecule has 0 saturated heterocycles. The van der Waals surface area contributed by atoms with Crippen molar-refractivity contribution in [3.8, 4) is 0 Å². The van der Waals surface area contributed by atoms with Gasteiger partial charge in [-0.05, 0) is 19.9 Å². The molecule has 128 valence electrons. The lowest BCUT2D eigenvalue weighted by atomic mass is 10.2. The molecule has 2 rings (SSSR count). The smallest absolute Gasteiger partial charge is 0.341 e. The monoisotopic (exact) mass is 354 g/mol. The summed E-state index contributed by atoms with van der Waals surface area (Å²) in [4.78, 5) is 46.2. The number of nitro benzene ring substituents is 1. The number of fused-ring (bicyclic) bond motifs is 1. The molecule has 2 aromatic rings. The molecule has 0 saturated carbocycles. The van der Waals surface area contributed by atoms with Crippen LogP contribution in [-0.4, -0.2) is 34.6 Å². The van der Waals surface area contributed by atoms with E-state index in [-0.39, 0.29) is 29.1 Å². The molecule has 0 fully saturated rings. The molecule has 1 aromatic carbocycles. The van der Waals surface area contributed by atoms with E-state index in [0.717, 1.165) is 4.57 Å². The molecule has 0 amide bonds. The fraction of sp³-hybridized carbons (Fsp3) is 0.357. The van der Waals surface area contributed by atoms with Crippen molar-refractivity contribution in [3.05, 3.63) is 38.0 Å². The van der Waals surface area contributed by atoms with E-state index < -0.39 is 27.8 Å². The van der Waals surface area contributed by atoms with Gasteiger partial charge in [0.25, 0.3) is 5.69 Å². The van der Waals surface area contributed by atoms with E-state index in [1.54, 1.807) is 13.8 Å². The first-order valence-electron chi connectivity index (χ1n) is 7.03. The third kappa shape index (κ3) is 3.27. The number of nitro groups is 1. The highest BCUT2D eigenvalue weighted by Crippen LogP contribution is 2.26. The van der Waals surface area contributed by atoms with Crippen LogP contribution in [-0.2, 0) is 19.1 Å².